The lowest BCUT2D eigenvalue weighted by Crippen LogP contribution is -2.40. The van der Waals surface area contributed by atoms with Gasteiger partial charge in [-0.3, -0.25) is 0 Å². The fourth-order valence-corrected chi connectivity index (χ4v) is 2.45. The average molecular weight is 262 g/mol. The van der Waals surface area contributed by atoms with Gasteiger partial charge in [-0.15, -0.1) is 6.58 Å². The van der Waals surface area contributed by atoms with Crippen LogP contribution in [0, 0.1) is 0 Å². The van der Waals surface area contributed by atoms with Crippen LogP contribution in [0.1, 0.15) is 0 Å². The van der Waals surface area contributed by atoms with Gasteiger partial charge in [0.1, 0.15) is 6.79 Å². The number of ether oxygens (including phenoxy) is 4. The van der Waals surface area contributed by atoms with Gasteiger partial charge in [0, 0.05) is 0 Å². The highest BCUT2D eigenvalue weighted by Gasteiger charge is 2.25. The summed E-state index contributed by atoms with van der Waals surface area (Å²) in [4.78, 5) is 0. The van der Waals surface area contributed by atoms with Crippen LogP contribution in [0.15, 0.2) is 12.3 Å². The van der Waals surface area contributed by atoms with Crippen LogP contribution in [0.25, 0.3) is 0 Å². The van der Waals surface area contributed by atoms with E-state index in [4.69, 9.17) is 23.4 Å². The SMILES string of the molecule is C=C[Si]1(C)COCCOCCOCCOCO1. The number of hydrogen-bond acceptors (Lipinski definition) is 5. The van der Waals surface area contributed by atoms with Gasteiger partial charge in [-0.1, -0.05) is 5.70 Å². The first-order chi connectivity index (χ1) is 8.27. The van der Waals surface area contributed by atoms with Crippen LogP contribution in [0.3, 0.4) is 0 Å². The van der Waals surface area contributed by atoms with Crippen molar-refractivity contribution in [2.45, 2.75) is 6.55 Å². The van der Waals surface area contributed by atoms with E-state index in [1.165, 1.54) is 0 Å². The third-order valence-corrected chi connectivity index (χ3v) is 4.83. The third-order valence-electron chi connectivity index (χ3n) is 2.41. The Morgan fingerprint density at radius 3 is 2.00 bits per heavy atom. The van der Waals surface area contributed by atoms with Gasteiger partial charge < -0.3 is 23.4 Å². The molecule has 100 valence electrons. The van der Waals surface area contributed by atoms with Gasteiger partial charge in [-0.25, -0.2) is 0 Å². The van der Waals surface area contributed by atoms with Crippen LogP contribution in [-0.2, 0) is 23.4 Å². The predicted octanol–water partition coefficient (Wildman–Crippen LogP) is 0.880. The highest BCUT2D eigenvalue weighted by Crippen LogP contribution is 2.07. The van der Waals surface area contributed by atoms with Gasteiger partial charge in [0.25, 0.3) is 0 Å². The van der Waals surface area contributed by atoms with Crippen molar-refractivity contribution in [1.29, 1.82) is 0 Å². The molecule has 0 aliphatic carbocycles. The van der Waals surface area contributed by atoms with Gasteiger partial charge in [-0.2, -0.15) is 0 Å². The molecule has 1 heterocycles. The fraction of sp³-hybridized carbons (Fsp3) is 0.818. The first kappa shape index (κ1) is 14.8. The van der Waals surface area contributed by atoms with Crippen LogP contribution >= 0.6 is 0 Å². The molecule has 0 bridgehead atoms. The maximum Gasteiger partial charge on any atom is 0.241 e. The van der Waals surface area contributed by atoms with E-state index in [1.807, 2.05) is 12.2 Å². The summed E-state index contributed by atoms with van der Waals surface area (Å²) in [6.45, 7) is 9.56. The maximum atomic E-state index is 5.70. The summed E-state index contributed by atoms with van der Waals surface area (Å²) in [5, 5.41) is 0. The van der Waals surface area contributed by atoms with Crippen molar-refractivity contribution in [2.24, 2.45) is 0 Å². The lowest BCUT2D eigenvalue weighted by Gasteiger charge is -2.23. The van der Waals surface area contributed by atoms with Crippen LogP contribution in [0.5, 0.6) is 0 Å². The second-order valence-corrected chi connectivity index (χ2v) is 7.58. The molecule has 5 nitrogen and oxygen atoms in total. The molecule has 1 atom stereocenters. The molecule has 1 unspecified atom stereocenters. The zero-order valence-corrected chi connectivity index (χ0v) is 11.5. The van der Waals surface area contributed by atoms with E-state index >= 15 is 0 Å². The molecule has 0 spiro atoms. The quantitative estimate of drug-likeness (QED) is 0.657. The third kappa shape index (κ3) is 6.92. The van der Waals surface area contributed by atoms with Crippen molar-refractivity contribution in [1.82, 2.24) is 0 Å². The molecule has 0 radical (unpaired) electrons. The summed E-state index contributed by atoms with van der Waals surface area (Å²) in [5.41, 5.74) is 1.86. The average Bonchev–Trinajstić information content (AvgIpc) is 2.34. The van der Waals surface area contributed by atoms with E-state index in [1.54, 1.807) is 0 Å². The normalized spacial score (nSPS) is 30.4. The van der Waals surface area contributed by atoms with Crippen molar-refractivity contribution >= 4 is 8.32 Å². The second-order valence-electron chi connectivity index (χ2n) is 3.96. The first-order valence-corrected chi connectivity index (χ1v) is 8.55. The van der Waals surface area contributed by atoms with Crippen LogP contribution in [0.4, 0.5) is 0 Å². The van der Waals surface area contributed by atoms with Crippen LogP contribution in [-0.4, -0.2) is 61.0 Å². The van der Waals surface area contributed by atoms with Crippen molar-refractivity contribution < 1.29 is 23.4 Å². The zero-order valence-electron chi connectivity index (χ0n) is 10.5. The van der Waals surface area contributed by atoms with E-state index < -0.39 is 8.32 Å². The Kier molecular flexibility index (Phi) is 7.66. The minimum Gasteiger partial charge on any atom is -0.389 e. The smallest absolute Gasteiger partial charge is 0.241 e. The van der Waals surface area contributed by atoms with Crippen molar-refractivity contribution in [3.8, 4) is 0 Å². The minimum atomic E-state index is -2.00. The second kappa shape index (κ2) is 8.79. The topological polar surface area (TPSA) is 46.2 Å². The summed E-state index contributed by atoms with van der Waals surface area (Å²) in [7, 11) is -2.00. The summed E-state index contributed by atoms with van der Waals surface area (Å²) in [5.74, 6) is 0. The largest absolute Gasteiger partial charge is 0.389 e. The van der Waals surface area contributed by atoms with Crippen LogP contribution < -0.4 is 0 Å². The highest BCUT2D eigenvalue weighted by molar-refractivity contribution is 6.77. The molecule has 1 fully saturated rings. The zero-order chi connectivity index (χ0) is 12.4. The molecular formula is C11H22O5Si. The van der Waals surface area contributed by atoms with Gasteiger partial charge in [0.15, 0.2) is 0 Å². The van der Waals surface area contributed by atoms with E-state index in [2.05, 4.69) is 6.58 Å². The summed E-state index contributed by atoms with van der Waals surface area (Å²) in [6, 6.07) is 0. The standard InChI is InChI=1S/C11H22O5Si/c1-3-17(2)11-15-9-7-13-5-4-12-6-8-14-10-16-17/h3H,1,4-11H2,2H3. The fourth-order valence-electron chi connectivity index (χ4n) is 1.23. The van der Waals surface area contributed by atoms with Crippen molar-refractivity contribution in [3.63, 3.8) is 0 Å². The molecule has 6 heteroatoms. The Labute approximate surface area is 104 Å². The summed E-state index contributed by atoms with van der Waals surface area (Å²) in [6.07, 6.45) is 0.583. The Hall–Kier alpha value is -0.243. The lowest BCUT2D eigenvalue weighted by atomic mass is 10.7. The monoisotopic (exact) mass is 262 g/mol. The Morgan fingerprint density at radius 2 is 1.41 bits per heavy atom. The molecular weight excluding hydrogens is 240 g/mol. The van der Waals surface area contributed by atoms with E-state index in [0.717, 1.165) is 0 Å². The van der Waals surface area contributed by atoms with Crippen LogP contribution in [0.2, 0.25) is 6.55 Å². The Balaban J connectivity index is 2.32. The molecule has 0 aromatic rings. The maximum absolute atomic E-state index is 5.70. The summed E-state index contributed by atoms with van der Waals surface area (Å²) < 4.78 is 27.2. The Morgan fingerprint density at radius 1 is 0.882 bits per heavy atom. The molecule has 0 aromatic carbocycles. The molecule has 0 N–H and O–H groups in total. The molecule has 1 saturated heterocycles. The van der Waals surface area contributed by atoms with E-state index in [0.29, 0.717) is 45.9 Å². The number of rotatable bonds is 1. The van der Waals surface area contributed by atoms with E-state index in [-0.39, 0.29) is 6.79 Å². The minimum absolute atomic E-state index is 0.276. The van der Waals surface area contributed by atoms with Gasteiger partial charge in [0.05, 0.1) is 45.9 Å². The van der Waals surface area contributed by atoms with Gasteiger partial charge >= 0.3 is 0 Å². The molecule has 1 aliphatic heterocycles. The molecule has 0 saturated carbocycles. The van der Waals surface area contributed by atoms with Crippen molar-refractivity contribution in [2.75, 3.05) is 52.7 Å². The van der Waals surface area contributed by atoms with E-state index in [9.17, 15) is 0 Å². The van der Waals surface area contributed by atoms with Gasteiger partial charge in [-0.05, 0) is 6.55 Å². The Bertz CT molecular complexity index is 198. The summed E-state index contributed by atoms with van der Waals surface area (Å²) >= 11 is 0. The molecule has 0 amide bonds. The molecule has 1 aliphatic rings. The number of hydrogen-bond donors (Lipinski definition) is 0. The molecule has 17 heavy (non-hydrogen) atoms. The first-order valence-electron chi connectivity index (χ1n) is 5.85. The molecule has 1 rings (SSSR count). The van der Waals surface area contributed by atoms with Crippen molar-refractivity contribution in [3.05, 3.63) is 12.3 Å². The van der Waals surface area contributed by atoms with Gasteiger partial charge in [0.2, 0.25) is 8.32 Å². The lowest BCUT2D eigenvalue weighted by molar-refractivity contribution is -0.0405. The highest BCUT2D eigenvalue weighted by atomic mass is 28.4. The predicted molar refractivity (Wildman–Crippen MR) is 66.2 cm³/mol. The molecule has 0 aromatic heterocycles.